The van der Waals surface area contributed by atoms with Crippen molar-refractivity contribution in [1.29, 1.82) is 0 Å². The fourth-order valence-corrected chi connectivity index (χ4v) is 1.95. The number of imide groups is 1. The van der Waals surface area contributed by atoms with E-state index in [1.54, 1.807) is 0 Å². The van der Waals surface area contributed by atoms with Crippen molar-refractivity contribution in [2.24, 2.45) is 0 Å². The van der Waals surface area contributed by atoms with Crippen molar-refractivity contribution in [1.82, 2.24) is 0 Å². The van der Waals surface area contributed by atoms with Gasteiger partial charge < -0.3 is 0 Å². The Hall–Kier alpha value is -1.56. The highest BCUT2D eigenvalue weighted by atomic mass is 79.9. The van der Waals surface area contributed by atoms with Crippen molar-refractivity contribution in [3.63, 3.8) is 0 Å². The molecule has 0 aromatic heterocycles. The fraction of sp³-hybridized carbons (Fsp3) is 0. The van der Waals surface area contributed by atoms with Crippen molar-refractivity contribution in [2.45, 2.75) is 0 Å². The van der Waals surface area contributed by atoms with Crippen LogP contribution in [0, 0.1) is 11.6 Å². The predicted molar refractivity (Wildman–Crippen MR) is 55.7 cm³/mol. The van der Waals surface area contributed by atoms with Crippen LogP contribution in [-0.4, -0.2) is 11.8 Å². The molecular formula is C10H4BrF2NO2. The number of hydrogen-bond acceptors (Lipinski definition) is 2. The van der Waals surface area contributed by atoms with Gasteiger partial charge in [0, 0.05) is 22.7 Å². The van der Waals surface area contributed by atoms with Crippen molar-refractivity contribution in [3.05, 3.63) is 40.4 Å². The Balaban J connectivity index is 2.57. The van der Waals surface area contributed by atoms with Gasteiger partial charge >= 0.3 is 0 Å². The quantitative estimate of drug-likeness (QED) is 0.743. The standard InChI is InChI=1S/C10H4BrF2NO2/c11-6-3-5(12)4-7(13)10(6)14-8(15)1-2-9(14)16/h1-4H. The molecule has 0 fully saturated rings. The maximum absolute atomic E-state index is 13.5. The number of amides is 2. The smallest absolute Gasteiger partial charge is 0.258 e. The van der Waals surface area contributed by atoms with E-state index in [4.69, 9.17) is 0 Å². The fourth-order valence-electron chi connectivity index (χ4n) is 1.37. The van der Waals surface area contributed by atoms with Gasteiger partial charge in [-0.1, -0.05) is 0 Å². The molecule has 1 aliphatic heterocycles. The lowest BCUT2D eigenvalue weighted by molar-refractivity contribution is -0.120. The van der Waals surface area contributed by atoms with Crippen LogP contribution in [0.25, 0.3) is 0 Å². The zero-order valence-corrected chi connectivity index (χ0v) is 9.29. The summed E-state index contributed by atoms with van der Waals surface area (Å²) in [6.45, 7) is 0. The van der Waals surface area contributed by atoms with Crippen LogP contribution in [-0.2, 0) is 9.59 Å². The third kappa shape index (κ3) is 1.65. The molecule has 3 nitrogen and oxygen atoms in total. The third-order valence-corrected chi connectivity index (χ3v) is 2.62. The molecular weight excluding hydrogens is 284 g/mol. The van der Waals surface area contributed by atoms with Crippen LogP contribution in [0.5, 0.6) is 0 Å². The second-order valence-electron chi connectivity index (χ2n) is 3.06. The number of benzene rings is 1. The van der Waals surface area contributed by atoms with E-state index >= 15 is 0 Å². The minimum Gasteiger partial charge on any atom is -0.269 e. The highest BCUT2D eigenvalue weighted by Gasteiger charge is 2.29. The lowest BCUT2D eigenvalue weighted by Gasteiger charge is -2.16. The molecule has 16 heavy (non-hydrogen) atoms. The highest BCUT2D eigenvalue weighted by molar-refractivity contribution is 9.10. The second kappa shape index (κ2) is 3.79. The van der Waals surface area contributed by atoms with E-state index in [2.05, 4.69) is 15.9 Å². The molecule has 0 saturated heterocycles. The number of hydrogen-bond donors (Lipinski definition) is 0. The van der Waals surface area contributed by atoms with Crippen molar-refractivity contribution in [3.8, 4) is 0 Å². The first-order valence-corrected chi connectivity index (χ1v) is 5.00. The Morgan fingerprint density at radius 2 is 1.62 bits per heavy atom. The summed E-state index contributed by atoms with van der Waals surface area (Å²) >= 11 is 2.91. The molecule has 1 aromatic carbocycles. The van der Waals surface area contributed by atoms with E-state index in [1.165, 1.54) is 0 Å². The summed E-state index contributed by atoms with van der Waals surface area (Å²) in [5.74, 6) is -3.08. The molecule has 0 radical (unpaired) electrons. The first-order chi connectivity index (χ1) is 7.50. The lowest BCUT2D eigenvalue weighted by Crippen LogP contribution is -2.30. The molecule has 2 amide bonds. The third-order valence-electron chi connectivity index (χ3n) is 2.01. The summed E-state index contributed by atoms with van der Waals surface area (Å²) in [7, 11) is 0. The van der Waals surface area contributed by atoms with Gasteiger partial charge in [0.25, 0.3) is 11.8 Å². The van der Waals surface area contributed by atoms with Gasteiger partial charge in [-0.3, -0.25) is 9.59 Å². The van der Waals surface area contributed by atoms with E-state index in [9.17, 15) is 18.4 Å². The summed E-state index contributed by atoms with van der Waals surface area (Å²) in [6, 6.07) is 1.59. The molecule has 82 valence electrons. The molecule has 1 heterocycles. The van der Waals surface area contributed by atoms with Crippen LogP contribution < -0.4 is 4.90 Å². The van der Waals surface area contributed by atoms with Gasteiger partial charge in [0.2, 0.25) is 0 Å². The number of carbonyl (C=O) groups is 2. The van der Waals surface area contributed by atoms with E-state index in [0.29, 0.717) is 11.0 Å². The van der Waals surface area contributed by atoms with E-state index in [0.717, 1.165) is 18.2 Å². The molecule has 1 aliphatic rings. The zero-order chi connectivity index (χ0) is 11.9. The van der Waals surface area contributed by atoms with Crippen LogP contribution in [0.1, 0.15) is 0 Å². The van der Waals surface area contributed by atoms with Crippen LogP contribution in [0.15, 0.2) is 28.8 Å². The van der Waals surface area contributed by atoms with Gasteiger partial charge in [-0.25, -0.2) is 13.7 Å². The highest BCUT2D eigenvalue weighted by Crippen LogP contribution is 2.32. The van der Waals surface area contributed by atoms with E-state index in [1.807, 2.05) is 0 Å². The van der Waals surface area contributed by atoms with Crippen molar-refractivity contribution in [2.75, 3.05) is 4.90 Å². The minimum absolute atomic E-state index is 0.00963. The molecule has 0 spiro atoms. The molecule has 0 saturated carbocycles. The maximum atomic E-state index is 13.5. The Morgan fingerprint density at radius 3 is 2.12 bits per heavy atom. The molecule has 6 heteroatoms. The first-order valence-electron chi connectivity index (χ1n) is 4.21. The van der Waals surface area contributed by atoms with Gasteiger partial charge in [0.1, 0.15) is 11.5 Å². The van der Waals surface area contributed by atoms with Crippen molar-refractivity contribution < 1.29 is 18.4 Å². The molecule has 0 bridgehead atoms. The number of rotatable bonds is 1. The normalized spacial score (nSPS) is 15.1. The number of carbonyl (C=O) groups excluding carboxylic acids is 2. The average molecular weight is 288 g/mol. The Kier molecular flexibility index (Phi) is 2.59. The predicted octanol–water partition coefficient (Wildman–Crippen LogP) is 2.16. The average Bonchev–Trinajstić information content (AvgIpc) is 2.47. The van der Waals surface area contributed by atoms with Gasteiger partial charge in [0.05, 0.1) is 0 Å². The van der Waals surface area contributed by atoms with Gasteiger partial charge in [-0.05, 0) is 22.0 Å². The second-order valence-corrected chi connectivity index (χ2v) is 3.92. The Bertz CT molecular complexity index is 487. The molecule has 2 rings (SSSR count). The van der Waals surface area contributed by atoms with Gasteiger partial charge in [-0.2, -0.15) is 0 Å². The summed E-state index contributed by atoms with van der Waals surface area (Å²) in [6.07, 6.45) is 2.05. The monoisotopic (exact) mass is 287 g/mol. The number of halogens is 3. The Labute approximate surface area is 97.5 Å². The SMILES string of the molecule is O=C1C=CC(=O)N1c1c(F)cc(F)cc1Br. The maximum Gasteiger partial charge on any atom is 0.258 e. The van der Waals surface area contributed by atoms with Crippen LogP contribution in [0.2, 0.25) is 0 Å². The summed E-state index contributed by atoms with van der Waals surface area (Å²) < 4.78 is 26.3. The van der Waals surface area contributed by atoms with Crippen molar-refractivity contribution >= 4 is 33.4 Å². The topological polar surface area (TPSA) is 37.4 Å². The summed E-state index contributed by atoms with van der Waals surface area (Å²) in [4.78, 5) is 23.3. The summed E-state index contributed by atoms with van der Waals surface area (Å²) in [5.41, 5.74) is -0.276. The largest absolute Gasteiger partial charge is 0.269 e. The lowest BCUT2D eigenvalue weighted by atomic mass is 10.2. The van der Waals surface area contributed by atoms with E-state index in [-0.39, 0.29) is 10.2 Å². The minimum atomic E-state index is -0.975. The van der Waals surface area contributed by atoms with Crippen LogP contribution in [0.4, 0.5) is 14.5 Å². The van der Waals surface area contributed by atoms with Crippen LogP contribution in [0.3, 0.4) is 0 Å². The Morgan fingerprint density at radius 1 is 1.06 bits per heavy atom. The molecule has 0 aliphatic carbocycles. The zero-order valence-electron chi connectivity index (χ0n) is 7.71. The van der Waals surface area contributed by atoms with Crippen LogP contribution >= 0.6 is 15.9 Å². The molecule has 0 N–H and O–H groups in total. The molecule has 0 unspecified atom stereocenters. The first kappa shape index (κ1) is 10.9. The van der Waals surface area contributed by atoms with Gasteiger partial charge in [0.15, 0.2) is 5.82 Å². The number of anilines is 1. The molecule has 0 atom stereocenters. The molecule has 1 aromatic rings. The van der Waals surface area contributed by atoms with Gasteiger partial charge in [-0.15, -0.1) is 0 Å². The number of nitrogens with zero attached hydrogens (tertiary/aromatic N) is 1. The van der Waals surface area contributed by atoms with E-state index < -0.39 is 23.4 Å². The summed E-state index contributed by atoms with van der Waals surface area (Å²) in [5, 5.41) is 0.